The molecule has 0 atom stereocenters. The SMILES string of the molecule is O=C(C1CCC(c2ccccc2)CC1)N1CCS(=O)(=O)CC1. The summed E-state index contributed by atoms with van der Waals surface area (Å²) in [6, 6.07) is 10.5. The largest absolute Gasteiger partial charge is 0.340 e. The van der Waals surface area contributed by atoms with Crippen LogP contribution in [0.15, 0.2) is 30.3 Å². The van der Waals surface area contributed by atoms with Crippen molar-refractivity contribution in [3.63, 3.8) is 0 Å². The van der Waals surface area contributed by atoms with E-state index in [0.29, 0.717) is 19.0 Å². The van der Waals surface area contributed by atoms with Crippen LogP contribution in [-0.4, -0.2) is 43.8 Å². The summed E-state index contributed by atoms with van der Waals surface area (Å²) >= 11 is 0. The number of benzene rings is 1. The van der Waals surface area contributed by atoms with E-state index in [1.165, 1.54) is 5.56 Å². The maximum atomic E-state index is 12.5. The summed E-state index contributed by atoms with van der Waals surface area (Å²) in [5, 5.41) is 0. The second-order valence-electron chi connectivity index (χ2n) is 6.44. The van der Waals surface area contributed by atoms with Gasteiger partial charge < -0.3 is 4.90 Å². The van der Waals surface area contributed by atoms with Gasteiger partial charge in [-0.3, -0.25) is 4.79 Å². The van der Waals surface area contributed by atoms with Crippen molar-refractivity contribution in [3.8, 4) is 0 Å². The molecule has 0 aromatic heterocycles. The standard InChI is InChI=1S/C17H23NO3S/c19-17(18-10-12-22(20,21)13-11-18)16-8-6-15(7-9-16)14-4-2-1-3-5-14/h1-5,15-16H,6-13H2. The van der Waals surface area contributed by atoms with Crippen molar-refractivity contribution in [1.82, 2.24) is 4.90 Å². The number of carbonyl (C=O) groups is 1. The highest BCUT2D eigenvalue weighted by molar-refractivity contribution is 7.91. The van der Waals surface area contributed by atoms with Crippen molar-refractivity contribution < 1.29 is 13.2 Å². The van der Waals surface area contributed by atoms with Gasteiger partial charge in [-0.15, -0.1) is 0 Å². The lowest BCUT2D eigenvalue weighted by Crippen LogP contribution is -2.46. The average Bonchev–Trinajstić information content (AvgIpc) is 2.55. The van der Waals surface area contributed by atoms with Crippen LogP contribution in [0, 0.1) is 5.92 Å². The first kappa shape index (κ1) is 15.5. The van der Waals surface area contributed by atoms with Crippen LogP contribution in [0.1, 0.15) is 37.2 Å². The molecule has 1 heterocycles. The number of nitrogens with zero attached hydrogens (tertiary/aromatic N) is 1. The van der Waals surface area contributed by atoms with Gasteiger partial charge in [0.2, 0.25) is 5.91 Å². The number of sulfone groups is 1. The molecule has 3 rings (SSSR count). The van der Waals surface area contributed by atoms with Crippen molar-refractivity contribution in [2.75, 3.05) is 24.6 Å². The Morgan fingerprint density at radius 1 is 0.955 bits per heavy atom. The third kappa shape index (κ3) is 3.51. The van der Waals surface area contributed by atoms with Gasteiger partial charge in [-0.1, -0.05) is 30.3 Å². The van der Waals surface area contributed by atoms with Gasteiger partial charge >= 0.3 is 0 Å². The Morgan fingerprint density at radius 3 is 2.14 bits per heavy atom. The average molecular weight is 321 g/mol. The maximum absolute atomic E-state index is 12.5. The molecule has 0 radical (unpaired) electrons. The molecule has 1 saturated heterocycles. The van der Waals surface area contributed by atoms with Gasteiger partial charge in [-0.25, -0.2) is 8.42 Å². The molecular weight excluding hydrogens is 298 g/mol. The van der Waals surface area contributed by atoms with E-state index in [9.17, 15) is 13.2 Å². The summed E-state index contributed by atoms with van der Waals surface area (Å²) in [6.45, 7) is 0.750. The van der Waals surface area contributed by atoms with Crippen LogP contribution in [-0.2, 0) is 14.6 Å². The number of amides is 1. The fourth-order valence-electron chi connectivity index (χ4n) is 3.59. The van der Waals surface area contributed by atoms with Crippen LogP contribution in [0.5, 0.6) is 0 Å². The molecule has 1 aromatic carbocycles. The smallest absolute Gasteiger partial charge is 0.225 e. The zero-order valence-corrected chi connectivity index (χ0v) is 13.6. The lowest BCUT2D eigenvalue weighted by molar-refractivity contribution is -0.136. The quantitative estimate of drug-likeness (QED) is 0.839. The van der Waals surface area contributed by atoms with Crippen molar-refractivity contribution in [2.45, 2.75) is 31.6 Å². The minimum Gasteiger partial charge on any atom is -0.340 e. The maximum Gasteiger partial charge on any atom is 0.225 e. The number of hydrogen-bond acceptors (Lipinski definition) is 3. The molecule has 120 valence electrons. The van der Waals surface area contributed by atoms with Crippen molar-refractivity contribution in [2.24, 2.45) is 5.92 Å². The normalized spacial score (nSPS) is 28.3. The molecule has 0 spiro atoms. The van der Waals surface area contributed by atoms with E-state index in [2.05, 4.69) is 24.3 Å². The molecule has 0 bridgehead atoms. The van der Waals surface area contributed by atoms with E-state index in [1.807, 2.05) is 6.07 Å². The zero-order valence-electron chi connectivity index (χ0n) is 12.8. The van der Waals surface area contributed by atoms with E-state index >= 15 is 0 Å². The molecule has 0 unspecified atom stereocenters. The lowest BCUT2D eigenvalue weighted by atomic mass is 9.78. The van der Waals surface area contributed by atoms with Gasteiger partial charge in [-0.05, 0) is 37.2 Å². The summed E-state index contributed by atoms with van der Waals surface area (Å²) in [4.78, 5) is 14.3. The Kier molecular flexibility index (Phi) is 4.52. The molecule has 1 saturated carbocycles. The van der Waals surface area contributed by atoms with Gasteiger partial charge in [0.25, 0.3) is 0 Å². The van der Waals surface area contributed by atoms with Crippen LogP contribution in [0.4, 0.5) is 0 Å². The van der Waals surface area contributed by atoms with E-state index in [4.69, 9.17) is 0 Å². The van der Waals surface area contributed by atoms with E-state index in [-0.39, 0.29) is 23.3 Å². The molecule has 2 aliphatic rings. The molecule has 1 aliphatic carbocycles. The molecule has 2 fully saturated rings. The van der Waals surface area contributed by atoms with Crippen LogP contribution in [0.3, 0.4) is 0 Å². The highest BCUT2D eigenvalue weighted by Crippen LogP contribution is 2.36. The Bertz CT molecular complexity index is 605. The summed E-state index contributed by atoms with van der Waals surface area (Å²) in [5.74, 6) is 1.06. The monoisotopic (exact) mass is 321 g/mol. The van der Waals surface area contributed by atoms with Gasteiger partial charge in [-0.2, -0.15) is 0 Å². The van der Waals surface area contributed by atoms with Crippen LogP contribution in [0.2, 0.25) is 0 Å². The molecule has 1 amide bonds. The van der Waals surface area contributed by atoms with Crippen LogP contribution >= 0.6 is 0 Å². The van der Waals surface area contributed by atoms with Crippen molar-refractivity contribution >= 4 is 15.7 Å². The Hall–Kier alpha value is -1.36. The molecule has 4 nitrogen and oxygen atoms in total. The third-order valence-corrected chi connectivity index (χ3v) is 6.61. The highest BCUT2D eigenvalue weighted by Gasteiger charge is 2.32. The topological polar surface area (TPSA) is 54.5 Å². The first-order chi connectivity index (χ1) is 10.6. The Morgan fingerprint density at radius 2 is 1.55 bits per heavy atom. The Balaban J connectivity index is 1.54. The predicted octanol–water partition coefficient (Wildman–Crippen LogP) is 2.22. The second kappa shape index (κ2) is 6.41. The van der Waals surface area contributed by atoms with Crippen molar-refractivity contribution in [1.29, 1.82) is 0 Å². The summed E-state index contributed by atoms with van der Waals surface area (Å²) < 4.78 is 22.9. The fourth-order valence-corrected chi connectivity index (χ4v) is 4.79. The molecule has 5 heteroatoms. The number of rotatable bonds is 2. The van der Waals surface area contributed by atoms with Gasteiger partial charge in [0.05, 0.1) is 11.5 Å². The van der Waals surface area contributed by atoms with Crippen molar-refractivity contribution in [3.05, 3.63) is 35.9 Å². The highest BCUT2D eigenvalue weighted by atomic mass is 32.2. The van der Waals surface area contributed by atoms with E-state index < -0.39 is 9.84 Å². The van der Waals surface area contributed by atoms with E-state index in [0.717, 1.165) is 25.7 Å². The summed E-state index contributed by atoms with van der Waals surface area (Å²) in [7, 11) is -2.92. The van der Waals surface area contributed by atoms with Gasteiger partial charge in [0.1, 0.15) is 0 Å². The first-order valence-corrected chi connectivity index (χ1v) is 9.91. The summed E-state index contributed by atoms with van der Waals surface area (Å²) in [6.07, 6.45) is 3.93. The van der Waals surface area contributed by atoms with Crippen LogP contribution < -0.4 is 0 Å². The minimum absolute atomic E-state index is 0.0840. The fraction of sp³-hybridized carbons (Fsp3) is 0.588. The molecule has 1 aromatic rings. The first-order valence-electron chi connectivity index (χ1n) is 8.09. The van der Waals surface area contributed by atoms with Gasteiger partial charge in [0.15, 0.2) is 9.84 Å². The third-order valence-electron chi connectivity index (χ3n) is 5.00. The zero-order chi connectivity index (χ0) is 15.6. The predicted molar refractivity (Wildman–Crippen MR) is 86.4 cm³/mol. The number of hydrogen-bond donors (Lipinski definition) is 0. The molecule has 22 heavy (non-hydrogen) atoms. The van der Waals surface area contributed by atoms with Gasteiger partial charge in [0, 0.05) is 19.0 Å². The van der Waals surface area contributed by atoms with E-state index in [1.54, 1.807) is 4.90 Å². The minimum atomic E-state index is -2.92. The lowest BCUT2D eigenvalue weighted by Gasteiger charge is -2.34. The molecule has 1 aliphatic heterocycles. The second-order valence-corrected chi connectivity index (χ2v) is 8.74. The summed E-state index contributed by atoms with van der Waals surface area (Å²) in [5.41, 5.74) is 1.37. The molecule has 0 N–H and O–H groups in total. The number of carbonyl (C=O) groups excluding carboxylic acids is 1. The Labute approximate surface area is 132 Å². The molecular formula is C17H23NO3S. The van der Waals surface area contributed by atoms with Crippen LogP contribution in [0.25, 0.3) is 0 Å².